The van der Waals surface area contributed by atoms with Crippen LogP contribution in [0.5, 0.6) is 0 Å². The first kappa shape index (κ1) is 16.4. The second-order valence-corrected chi connectivity index (χ2v) is 7.90. The number of carbonyl (C=O) groups is 1. The summed E-state index contributed by atoms with van der Waals surface area (Å²) < 4.78 is 0. The number of rotatable bonds is 4. The van der Waals surface area contributed by atoms with Gasteiger partial charge in [0.2, 0.25) is 5.91 Å². The lowest BCUT2D eigenvalue weighted by Crippen LogP contribution is -2.51. The molecule has 0 saturated heterocycles. The van der Waals surface area contributed by atoms with Gasteiger partial charge in [-0.3, -0.25) is 4.79 Å². The van der Waals surface area contributed by atoms with Gasteiger partial charge in [-0.15, -0.1) is 11.3 Å². The first-order valence-corrected chi connectivity index (χ1v) is 8.64. The van der Waals surface area contributed by atoms with E-state index in [0.29, 0.717) is 12.5 Å². The van der Waals surface area contributed by atoms with E-state index in [2.05, 4.69) is 38.0 Å². The van der Waals surface area contributed by atoms with Crippen LogP contribution in [0.4, 0.5) is 0 Å². The van der Waals surface area contributed by atoms with Crippen molar-refractivity contribution in [3.8, 4) is 0 Å². The summed E-state index contributed by atoms with van der Waals surface area (Å²) in [6.45, 7) is 9.15. The number of hydrogen-bond donors (Lipinski definition) is 2. The first-order chi connectivity index (χ1) is 9.86. The highest BCUT2D eigenvalue weighted by Gasteiger charge is 2.44. The molecule has 1 saturated carbocycles. The molecule has 5 heteroatoms. The normalized spacial score (nSPS) is 28.3. The average molecular weight is 309 g/mol. The van der Waals surface area contributed by atoms with Crippen LogP contribution < -0.4 is 11.1 Å². The maximum Gasteiger partial charge on any atom is 0.224 e. The van der Waals surface area contributed by atoms with E-state index in [4.69, 9.17) is 5.73 Å². The van der Waals surface area contributed by atoms with Crippen molar-refractivity contribution in [2.75, 3.05) is 0 Å². The van der Waals surface area contributed by atoms with Gasteiger partial charge in [-0.2, -0.15) is 0 Å². The number of amides is 1. The van der Waals surface area contributed by atoms with E-state index in [1.165, 1.54) is 4.88 Å². The van der Waals surface area contributed by atoms with Crippen molar-refractivity contribution < 1.29 is 4.79 Å². The zero-order valence-corrected chi connectivity index (χ0v) is 14.3. The smallest absolute Gasteiger partial charge is 0.224 e. The third-order valence-electron chi connectivity index (χ3n) is 5.18. The number of hydrogen-bond acceptors (Lipinski definition) is 4. The lowest BCUT2D eigenvalue weighted by molar-refractivity contribution is -0.132. The second kappa shape index (κ2) is 6.44. The molecule has 3 unspecified atom stereocenters. The second-order valence-electron chi connectivity index (χ2n) is 6.70. The maximum atomic E-state index is 12.5. The topological polar surface area (TPSA) is 68.0 Å². The highest BCUT2D eigenvalue weighted by Crippen LogP contribution is 2.44. The summed E-state index contributed by atoms with van der Waals surface area (Å²) in [4.78, 5) is 18.2. The average Bonchev–Trinajstić information content (AvgIpc) is 2.90. The summed E-state index contributed by atoms with van der Waals surface area (Å²) in [6.07, 6.45) is 4.71. The zero-order valence-electron chi connectivity index (χ0n) is 13.5. The van der Waals surface area contributed by atoms with Crippen LogP contribution in [0, 0.1) is 17.3 Å². The van der Waals surface area contributed by atoms with Gasteiger partial charge in [0, 0.05) is 23.0 Å². The van der Waals surface area contributed by atoms with Gasteiger partial charge in [-0.05, 0) is 30.6 Å². The van der Waals surface area contributed by atoms with Gasteiger partial charge in [-0.25, -0.2) is 4.98 Å². The molecule has 1 aromatic heterocycles. The SMILES string of the molecule is CCc1cnc(CNC(=O)C2CCC(N)C(C)C2(C)C)s1. The van der Waals surface area contributed by atoms with Crippen LogP contribution in [-0.2, 0) is 17.8 Å². The molecule has 3 N–H and O–H groups in total. The molecule has 1 amide bonds. The Balaban J connectivity index is 1.96. The molecule has 0 bridgehead atoms. The minimum atomic E-state index is -0.0563. The van der Waals surface area contributed by atoms with Crippen molar-refractivity contribution in [1.29, 1.82) is 0 Å². The summed E-state index contributed by atoms with van der Waals surface area (Å²) >= 11 is 1.68. The molecule has 1 aliphatic rings. The van der Waals surface area contributed by atoms with Crippen molar-refractivity contribution in [3.63, 3.8) is 0 Å². The van der Waals surface area contributed by atoms with Crippen LogP contribution in [-0.4, -0.2) is 16.9 Å². The molecule has 21 heavy (non-hydrogen) atoms. The van der Waals surface area contributed by atoms with Crippen molar-refractivity contribution in [2.45, 2.75) is 59.5 Å². The van der Waals surface area contributed by atoms with Gasteiger partial charge in [0.05, 0.1) is 6.54 Å². The van der Waals surface area contributed by atoms with Crippen molar-refractivity contribution in [1.82, 2.24) is 10.3 Å². The molecule has 1 heterocycles. The Bertz CT molecular complexity index is 497. The number of carbonyl (C=O) groups excluding carboxylic acids is 1. The fraction of sp³-hybridized carbons (Fsp3) is 0.750. The van der Waals surface area contributed by atoms with Crippen LogP contribution in [0.1, 0.15) is 50.4 Å². The molecule has 2 rings (SSSR count). The monoisotopic (exact) mass is 309 g/mol. The Hall–Kier alpha value is -0.940. The van der Waals surface area contributed by atoms with Gasteiger partial charge in [0.1, 0.15) is 5.01 Å². The number of aromatic nitrogens is 1. The number of thiazole rings is 1. The van der Waals surface area contributed by atoms with E-state index >= 15 is 0 Å². The molecule has 1 aromatic rings. The minimum Gasteiger partial charge on any atom is -0.349 e. The summed E-state index contributed by atoms with van der Waals surface area (Å²) in [7, 11) is 0. The minimum absolute atomic E-state index is 0.0397. The first-order valence-electron chi connectivity index (χ1n) is 7.83. The van der Waals surface area contributed by atoms with Gasteiger partial charge in [0.15, 0.2) is 0 Å². The number of nitrogens with one attached hydrogen (secondary N) is 1. The lowest BCUT2D eigenvalue weighted by Gasteiger charge is -2.46. The van der Waals surface area contributed by atoms with Crippen LogP contribution in [0.3, 0.4) is 0 Å². The Morgan fingerprint density at radius 2 is 2.24 bits per heavy atom. The van der Waals surface area contributed by atoms with Crippen molar-refractivity contribution in [3.05, 3.63) is 16.1 Å². The predicted octanol–water partition coefficient (Wildman–Crippen LogP) is 2.72. The lowest BCUT2D eigenvalue weighted by atomic mass is 9.61. The van der Waals surface area contributed by atoms with Crippen molar-refractivity contribution >= 4 is 17.2 Å². The van der Waals surface area contributed by atoms with E-state index in [0.717, 1.165) is 24.3 Å². The molecule has 4 nitrogen and oxygen atoms in total. The standard InChI is InChI=1S/C16H27N3OS/c1-5-11-8-18-14(21-11)9-19-15(20)12-6-7-13(17)10(2)16(12,3)4/h8,10,12-13H,5-7,9,17H2,1-4H3,(H,19,20). The molecule has 0 spiro atoms. The summed E-state index contributed by atoms with van der Waals surface area (Å²) in [5, 5.41) is 4.05. The van der Waals surface area contributed by atoms with Crippen molar-refractivity contribution in [2.24, 2.45) is 23.0 Å². The molecule has 1 fully saturated rings. The number of nitrogens with two attached hydrogens (primary N) is 1. The molecule has 1 aliphatic carbocycles. The van der Waals surface area contributed by atoms with E-state index in [-0.39, 0.29) is 23.3 Å². The molecular formula is C16H27N3OS. The van der Waals surface area contributed by atoms with Gasteiger partial charge < -0.3 is 11.1 Å². The third-order valence-corrected chi connectivity index (χ3v) is 6.32. The molecular weight excluding hydrogens is 282 g/mol. The molecule has 0 radical (unpaired) electrons. The number of nitrogens with zero attached hydrogens (tertiary/aromatic N) is 1. The summed E-state index contributed by atoms with van der Waals surface area (Å²) in [5.41, 5.74) is 6.10. The fourth-order valence-electron chi connectivity index (χ4n) is 3.20. The Labute approximate surface area is 131 Å². The van der Waals surface area contributed by atoms with E-state index < -0.39 is 0 Å². The van der Waals surface area contributed by atoms with Crippen LogP contribution >= 0.6 is 11.3 Å². The van der Waals surface area contributed by atoms with Crippen LogP contribution in [0.15, 0.2) is 6.20 Å². The highest BCUT2D eigenvalue weighted by molar-refractivity contribution is 7.11. The Morgan fingerprint density at radius 1 is 1.52 bits per heavy atom. The van der Waals surface area contributed by atoms with Crippen LogP contribution in [0.2, 0.25) is 0 Å². The van der Waals surface area contributed by atoms with Crippen LogP contribution in [0.25, 0.3) is 0 Å². The molecule has 3 atom stereocenters. The largest absolute Gasteiger partial charge is 0.349 e. The summed E-state index contributed by atoms with van der Waals surface area (Å²) in [6, 6.07) is 0.204. The quantitative estimate of drug-likeness (QED) is 0.898. The number of aryl methyl sites for hydroxylation is 1. The highest BCUT2D eigenvalue weighted by atomic mass is 32.1. The van der Waals surface area contributed by atoms with Gasteiger partial charge in [0.25, 0.3) is 0 Å². The molecule has 0 aliphatic heterocycles. The van der Waals surface area contributed by atoms with E-state index in [1.807, 2.05) is 6.20 Å². The molecule has 0 aromatic carbocycles. The van der Waals surface area contributed by atoms with Gasteiger partial charge >= 0.3 is 0 Å². The predicted molar refractivity (Wildman–Crippen MR) is 87.0 cm³/mol. The van der Waals surface area contributed by atoms with E-state index in [9.17, 15) is 4.79 Å². The Morgan fingerprint density at radius 3 is 2.86 bits per heavy atom. The third kappa shape index (κ3) is 3.46. The fourth-order valence-corrected chi connectivity index (χ4v) is 4.00. The Kier molecular flexibility index (Phi) is 5.04. The zero-order chi connectivity index (χ0) is 15.6. The van der Waals surface area contributed by atoms with Gasteiger partial charge in [-0.1, -0.05) is 27.7 Å². The van der Waals surface area contributed by atoms with E-state index in [1.54, 1.807) is 11.3 Å². The summed E-state index contributed by atoms with van der Waals surface area (Å²) in [5.74, 6) is 0.540. The maximum absolute atomic E-state index is 12.5. The molecule has 118 valence electrons.